The van der Waals surface area contributed by atoms with Crippen LogP contribution in [-0.2, 0) is 28.6 Å². The van der Waals surface area contributed by atoms with E-state index in [2.05, 4.69) is 34.6 Å². The average Bonchev–Trinajstić information content (AvgIpc) is 3.26. The van der Waals surface area contributed by atoms with Crippen molar-refractivity contribution in [3.63, 3.8) is 0 Å². The first-order valence-corrected chi connectivity index (χ1v) is 27.3. The molecule has 0 N–H and O–H groups in total. The molecule has 0 aliphatic rings. The number of carbonyl (C=O) groups is 3. The fourth-order valence-corrected chi connectivity index (χ4v) is 8.28. The summed E-state index contributed by atoms with van der Waals surface area (Å²) in [6.45, 7) is 11.4. The van der Waals surface area contributed by atoms with E-state index in [9.17, 15) is 14.4 Å². The van der Waals surface area contributed by atoms with Crippen LogP contribution in [0.1, 0.15) is 304 Å². The number of esters is 3. The predicted octanol–water partition coefficient (Wildman–Crippen LogP) is 17.7. The molecule has 0 aliphatic carbocycles. The van der Waals surface area contributed by atoms with Gasteiger partial charge in [0.05, 0.1) is 0 Å². The Morgan fingerprint density at radius 2 is 0.574 bits per heavy atom. The number of hydrogen-bond donors (Lipinski definition) is 0. The molecular formula is C55H106O6. The van der Waals surface area contributed by atoms with Gasteiger partial charge in [-0.05, 0) is 31.1 Å². The molecule has 0 radical (unpaired) electrons. The Morgan fingerprint density at radius 1 is 0.328 bits per heavy atom. The van der Waals surface area contributed by atoms with Gasteiger partial charge in [-0.15, -0.1) is 0 Å². The highest BCUT2D eigenvalue weighted by Gasteiger charge is 2.19. The van der Waals surface area contributed by atoms with E-state index >= 15 is 0 Å². The molecule has 0 bridgehead atoms. The molecule has 0 rings (SSSR count). The maximum absolute atomic E-state index is 12.8. The van der Waals surface area contributed by atoms with Crippen molar-refractivity contribution in [3.8, 4) is 0 Å². The lowest BCUT2D eigenvalue weighted by Gasteiger charge is -2.18. The number of unbranched alkanes of at least 4 members (excludes halogenated alkanes) is 32. The number of ether oxygens (including phenoxy) is 3. The lowest BCUT2D eigenvalue weighted by molar-refractivity contribution is -0.167. The fourth-order valence-electron chi connectivity index (χ4n) is 8.28. The molecule has 61 heavy (non-hydrogen) atoms. The summed E-state index contributed by atoms with van der Waals surface area (Å²) in [5.41, 5.74) is 0. The van der Waals surface area contributed by atoms with Crippen LogP contribution in [0.15, 0.2) is 0 Å². The third kappa shape index (κ3) is 46.2. The van der Waals surface area contributed by atoms with Crippen LogP contribution in [-0.4, -0.2) is 37.2 Å². The molecule has 0 aromatic rings. The smallest absolute Gasteiger partial charge is 0.306 e. The molecule has 0 spiro atoms. The molecule has 3 atom stereocenters. The highest BCUT2D eigenvalue weighted by Crippen LogP contribution is 2.19. The van der Waals surface area contributed by atoms with Crippen LogP contribution in [0.5, 0.6) is 0 Å². The van der Waals surface area contributed by atoms with Gasteiger partial charge < -0.3 is 14.2 Å². The monoisotopic (exact) mass is 863 g/mol. The van der Waals surface area contributed by atoms with Gasteiger partial charge in [0.2, 0.25) is 0 Å². The van der Waals surface area contributed by atoms with Crippen molar-refractivity contribution < 1.29 is 28.6 Å². The largest absolute Gasteiger partial charge is 0.462 e. The van der Waals surface area contributed by atoms with Crippen molar-refractivity contribution in [2.24, 2.45) is 11.8 Å². The lowest BCUT2D eigenvalue weighted by atomic mass is 9.99. The van der Waals surface area contributed by atoms with E-state index in [1.165, 1.54) is 193 Å². The summed E-state index contributed by atoms with van der Waals surface area (Å²) in [5, 5.41) is 0. The normalized spacial score (nSPS) is 12.9. The van der Waals surface area contributed by atoms with Crippen LogP contribution in [0.25, 0.3) is 0 Å². The van der Waals surface area contributed by atoms with E-state index < -0.39 is 6.10 Å². The molecule has 0 fully saturated rings. The number of carbonyl (C=O) groups excluding carboxylic acids is 3. The van der Waals surface area contributed by atoms with Gasteiger partial charge in [0.25, 0.3) is 0 Å². The van der Waals surface area contributed by atoms with Crippen LogP contribution in [0.2, 0.25) is 0 Å². The van der Waals surface area contributed by atoms with Gasteiger partial charge >= 0.3 is 17.9 Å². The van der Waals surface area contributed by atoms with Crippen molar-refractivity contribution in [3.05, 3.63) is 0 Å². The Bertz CT molecular complexity index is 935. The molecule has 0 amide bonds. The van der Waals surface area contributed by atoms with Gasteiger partial charge in [-0.1, -0.05) is 266 Å². The number of hydrogen-bond acceptors (Lipinski definition) is 6. The molecular weight excluding hydrogens is 757 g/mol. The zero-order valence-electron chi connectivity index (χ0n) is 41.8. The Balaban J connectivity index is 4.14. The van der Waals surface area contributed by atoms with Gasteiger partial charge in [-0.2, -0.15) is 0 Å². The zero-order chi connectivity index (χ0) is 44.7. The maximum Gasteiger partial charge on any atom is 0.306 e. The molecule has 6 nitrogen and oxygen atoms in total. The topological polar surface area (TPSA) is 78.9 Å². The minimum atomic E-state index is -0.761. The third-order valence-electron chi connectivity index (χ3n) is 13.2. The Labute approximate surface area is 380 Å². The molecule has 6 heteroatoms. The first kappa shape index (κ1) is 59.4. The van der Waals surface area contributed by atoms with Crippen molar-refractivity contribution in [2.75, 3.05) is 13.2 Å². The summed E-state index contributed by atoms with van der Waals surface area (Å²) in [5.74, 6) is 0.927. The molecule has 0 heterocycles. The molecule has 0 saturated carbocycles. The van der Waals surface area contributed by atoms with Crippen LogP contribution >= 0.6 is 0 Å². The van der Waals surface area contributed by atoms with Crippen molar-refractivity contribution >= 4 is 17.9 Å². The van der Waals surface area contributed by atoms with Gasteiger partial charge in [-0.25, -0.2) is 0 Å². The highest BCUT2D eigenvalue weighted by atomic mass is 16.6. The van der Waals surface area contributed by atoms with E-state index in [0.717, 1.165) is 69.6 Å². The third-order valence-corrected chi connectivity index (χ3v) is 13.2. The van der Waals surface area contributed by atoms with E-state index in [0.29, 0.717) is 19.3 Å². The quantitative estimate of drug-likeness (QED) is 0.0344. The predicted molar refractivity (Wildman–Crippen MR) is 261 cm³/mol. The van der Waals surface area contributed by atoms with Crippen LogP contribution in [0.4, 0.5) is 0 Å². The van der Waals surface area contributed by atoms with Gasteiger partial charge in [0.1, 0.15) is 13.2 Å². The summed E-state index contributed by atoms with van der Waals surface area (Å²) in [4.78, 5) is 37.8. The maximum atomic E-state index is 12.8. The highest BCUT2D eigenvalue weighted by molar-refractivity contribution is 5.71. The van der Waals surface area contributed by atoms with Crippen molar-refractivity contribution in [2.45, 2.75) is 310 Å². The summed E-state index contributed by atoms with van der Waals surface area (Å²) in [6, 6.07) is 0. The fraction of sp³-hybridized carbons (Fsp3) is 0.945. The summed E-state index contributed by atoms with van der Waals surface area (Å²) in [7, 11) is 0. The van der Waals surface area contributed by atoms with Gasteiger partial charge in [-0.3, -0.25) is 14.4 Å². The van der Waals surface area contributed by atoms with E-state index in [-0.39, 0.29) is 31.1 Å². The first-order valence-electron chi connectivity index (χ1n) is 27.3. The molecule has 362 valence electrons. The van der Waals surface area contributed by atoms with E-state index in [4.69, 9.17) is 14.2 Å². The molecule has 0 aromatic carbocycles. The van der Waals surface area contributed by atoms with Crippen LogP contribution < -0.4 is 0 Å². The summed E-state index contributed by atoms with van der Waals surface area (Å²) < 4.78 is 16.8. The first-order chi connectivity index (χ1) is 29.8. The van der Waals surface area contributed by atoms with Crippen molar-refractivity contribution in [1.82, 2.24) is 0 Å². The second-order valence-corrected chi connectivity index (χ2v) is 19.4. The molecule has 0 aliphatic heterocycles. The van der Waals surface area contributed by atoms with Crippen molar-refractivity contribution in [1.29, 1.82) is 0 Å². The molecule has 2 unspecified atom stereocenters. The second kappa shape index (κ2) is 47.9. The minimum Gasteiger partial charge on any atom is -0.462 e. The average molecular weight is 863 g/mol. The number of rotatable bonds is 49. The molecule has 0 saturated heterocycles. The molecule has 0 aromatic heterocycles. The van der Waals surface area contributed by atoms with Gasteiger partial charge in [0.15, 0.2) is 6.10 Å². The lowest BCUT2D eigenvalue weighted by Crippen LogP contribution is -2.30. The van der Waals surface area contributed by atoms with E-state index in [1.807, 2.05) is 0 Å². The SMILES string of the molecule is CCCCCCCCCC(=O)OC[C@@H](COC(=O)CCCCCCCCCCCCC(C)CC)OC(=O)CCCCCCCCCCCCCCCCCCCCC(C)CC. The standard InChI is InChI=1S/C55H106O6/c1-6-9-10-11-28-35-40-45-53(56)59-48-52(49-60-54(57)46-41-36-31-26-23-22-25-30-34-39-44-51(5)8-3)61-55(58)47-42-37-32-27-21-19-17-15-13-12-14-16-18-20-24-29-33-38-43-50(4)7-2/h50-52H,6-49H2,1-5H3/t50?,51?,52-/m0/s1. The van der Waals surface area contributed by atoms with Crippen LogP contribution in [0.3, 0.4) is 0 Å². The Morgan fingerprint density at radius 3 is 0.852 bits per heavy atom. The second-order valence-electron chi connectivity index (χ2n) is 19.4. The van der Waals surface area contributed by atoms with Gasteiger partial charge in [0, 0.05) is 19.3 Å². The zero-order valence-corrected chi connectivity index (χ0v) is 41.8. The van der Waals surface area contributed by atoms with Crippen LogP contribution in [0, 0.1) is 11.8 Å². The van der Waals surface area contributed by atoms with E-state index in [1.54, 1.807) is 0 Å². The Hall–Kier alpha value is -1.59. The Kier molecular flexibility index (Phi) is 46.6. The minimum absolute atomic E-state index is 0.0640. The summed E-state index contributed by atoms with van der Waals surface area (Å²) in [6.07, 6.45) is 49.6. The summed E-state index contributed by atoms with van der Waals surface area (Å²) >= 11 is 0.